The van der Waals surface area contributed by atoms with Crippen molar-refractivity contribution < 1.29 is 9.47 Å². The largest absolute Gasteiger partial charge is 0.191 e. The summed E-state index contributed by atoms with van der Waals surface area (Å²) in [4.78, 5) is 3.90. The van der Waals surface area contributed by atoms with Crippen molar-refractivity contribution in [2.75, 3.05) is 0 Å². The van der Waals surface area contributed by atoms with Gasteiger partial charge in [0.25, 0.3) is 0 Å². The van der Waals surface area contributed by atoms with Crippen LogP contribution in [-0.2, 0) is 4.94 Å². The van der Waals surface area contributed by atoms with Crippen molar-refractivity contribution in [1.29, 1.82) is 0 Å². The Labute approximate surface area is 66.8 Å². The Hall–Kier alpha value is -0.110. The molecule has 0 aromatic heterocycles. The summed E-state index contributed by atoms with van der Waals surface area (Å²) in [7, 11) is 0. The molecule has 3 unspecified atom stereocenters. The predicted molar refractivity (Wildman–Crippen MR) is 40.7 cm³/mol. The Bertz CT molecular complexity index is 138. The lowest BCUT2D eigenvalue weighted by molar-refractivity contribution is -0.194. The van der Waals surface area contributed by atoms with Crippen LogP contribution in [0.15, 0.2) is 0 Å². The molecule has 11 heavy (non-hydrogen) atoms. The minimum absolute atomic E-state index is 0.0747. The molecule has 2 aliphatic carbocycles. The standard InChI is InChI=1S/C9H15FO/c10-11-9-5-4-7-2-1-3-8(7)6-9/h7-9H,1-6H2. The maximum Gasteiger partial charge on any atom is 0.0986 e. The van der Waals surface area contributed by atoms with E-state index >= 15 is 0 Å². The van der Waals surface area contributed by atoms with E-state index in [1.165, 1.54) is 25.7 Å². The highest BCUT2D eigenvalue weighted by Gasteiger charge is 2.34. The average molecular weight is 158 g/mol. The Balaban J connectivity index is 1.91. The van der Waals surface area contributed by atoms with Crippen molar-refractivity contribution in [1.82, 2.24) is 0 Å². The van der Waals surface area contributed by atoms with Crippen LogP contribution in [-0.4, -0.2) is 6.10 Å². The third-order valence-corrected chi connectivity index (χ3v) is 3.37. The number of hydrogen-bond donors (Lipinski definition) is 0. The summed E-state index contributed by atoms with van der Waals surface area (Å²) in [5.74, 6) is 1.69. The Morgan fingerprint density at radius 2 is 1.82 bits per heavy atom. The second-order valence-electron chi connectivity index (χ2n) is 3.98. The quantitative estimate of drug-likeness (QED) is 0.570. The molecule has 0 aromatic carbocycles. The van der Waals surface area contributed by atoms with Gasteiger partial charge in [0.2, 0.25) is 0 Å². The molecule has 0 saturated heterocycles. The maximum absolute atomic E-state index is 11.8. The zero-order valence-corrected chi connectivity index (χ0v) is 6.76. The van der Waals surface area contributed by atoms with Gasteiger partial charge in [-0.25, -0.2) is 0 Å². The van der Waals surface area contributed by atoms with Gasteiger partial charge in [-0.1, -0.05) is 19.3 Å². The van der Waals surface area contributed by atoms with E-state index in [-0.39, 0.29) is 6.10 Å². The van der Waals surface area contributed by atoms with Gasteiger partial charge in [-0.05, 0) is 35.6 Å². The van der Waals surface area contributed by atoms with Crippen LogP contribution in [0.1, 0.15) is 38.5 Å². The van der Waals surface area contributed by atoms with E-state index in [4.69, 9.17) is 0 Å². The molecule has 0 aromatic rings. The van der Waals surface area contributed by atoms with Crippen molar-refractivity contribution in [2.45, 2.75) is 44.6 Å². The lowest BCUT2D eigenvalue weighted by Gasteiger charge is -2.28. The molecule has 64 valence electrons. The highest BCUT2D eigenvalue weighted by molar-refractivity contribution is 4.84. The van der Waals surface area contributed by atoms with Crippen LogP contribution in [0.5, 0.6) is 0 Å². The molecule has 0 radical (unpaired) electrons. The van der Waals surface area contributed by atoms with Gasteiger partial charge >= 0.3 is 0 Å². The normalized spacial score (nSPS) is 43.9. The molecule has 0 bridgehead atoms. The van der Waals surface area contributed by atoms with Crippen molar-refractivity contribution in [3.63, 3.8) is 0 Å². The monoisotopic (exact) mass is 158 g/mol. The third kappa shape index (κ3) is 1.41. The number of rotatable bonds is 1. The van der Waals surface area contributed by atoms with E-state index < -0.39 is 0 Å². The SMILES string of the molecule is FOC1CCC2CCCC2C1. The van der Waals surface area contributed by atoms with Crippen molar-refractivity contribution in [3.05, 3.63) is 0 Å². The van der Waals surface area contributed by atoms with Gasteiger partial charge in [-0.2, -0.15) is 4.94 Å². The molecule has 0 amide bonds. The topological polar surface area (TPSA) is 9.23 Å². The fourth-order valence-corrected chi connectivity index (χ4v) is 2.74. The fourth-order valence-electron chi connectivity index (χ4n) is 2.74. The van der Waals surface area contributed by atoms with Crippen molar-refractivity contribution >= 4 is 0 Å². The first-order valence-electron chi connectivity index (χ1n) is 4.67. The van der Waals surface area contributed by atoms with Crippen LogP contribution < -0.4 is 0 Å². The summed E-state index contributed by atoms with van der Waals surface area (Å²) < 4.78 is 11.8. The summed E-state index contributed by atoms with van der Waals surface area (Å²) in [5, 5.41) is 0. The number of fused-ring (bicyclic) bond motifs is 1. The summed E-state index contributed by atoms with van der Waals surface area (Å²) in [6.07, 6.45) is 7.08. The van der Waals surface area contributed by atoms with Crippen LogP contribution in [0.25, 0.3) is 0 Å². The van der Waals surface area contributed by atoms with Gasteiger partial charge in [0.1, 0.15) is 0 Å². The van der Waals surface area contributed by atoms with E-state index in [0.717, 1.165) is 24.7 Å². The molecule has 1 nitrogen and oxygen atoms in total. The number of halogens is 1. The molecule has 0 spiro atoms. The molecule has 3 atom stereocenters. The first-order valence-corrected chi connectivity index (χ1v) is 4.67. The Morgan fingerprint density at radius 3 is 2.64 bits per heavy atom. The zero-order valence-electron chi connectivity index (χ0n) is 6.76. The highest BCUT2D eigenvalue weighted by atomic mass is 19.3. The summed E-state index contributed by atoms with van der Waals surface area (Å²) in [6, 6.07) is 0. The molecule has 2 rings (SSSR count). The summed E-state index contributed by atoms with van der Waals surface area (Å²) in [5.41, 5.74) is 0. The van der Waals surface area contributed by atoms with E-state index in [1.54, 1.807) is 0 Å². The van der Waals surface area contributed by atoms with Crippen molar-refractivity contribution in [2.24, 2.45) is 11.8 Å². The van der Waals surface area contributed by atoms with Crippen LogP contribution in [0.2, 0.25) is 0 Å². The highest BCUT2D eigenvalue weighted by Crippen LogP contribution is 2.42. The molecule has 2 aliphatic rings. The van der Waals surface area contributed by atoms with Crippen molar-refractivity contribution in [3.8, 4) is 0 Å². The molecule has 0 heterocycles. The Kier molecular flexibility index (Phi) is 2.12. The van der Waals surface area contributed by atoms with E-state index in [0.29, 0.717) is 0 Å². The molecular formula is C9H15FO. The predicted octanol–water partition coefficient (Wildman–Crippen LogP) is 2.86. The van der Waals surface area contributed by atoms with Gasteiger partial charge in [0.05, 0.1) is 6.10 Å². The van der Waals surface area contributed by atoms with E-state index in [2.05, 4.69) is 4.94 Å². The smallest absolute Gasteiger partial charge is 0.0986 e. The fraction of sp³-hybridized carbons (Fsp3) is 1.00. The molecule has 0 aliphatic heterocycles. The molecule has 2 fully saturated rings. The summed E-state index contributed by atoms with van der Waals surface area (Å²) in [6.45, 7) is 0. The van der Waals surface area contributed by atoms with Gasteiger partial charge in [0, 0.05) is 0 Å². The lowest BCUT2D eigenvalue weighted by atomic mass is 9.80. The minimum atomic E-state index is -0.0747. The van der Waals surface area contributed by atoms with Gasteiger partial charge in [0.15, 0.2) is 0 Å². The zero-order chi connectivity index (χ0) is 7.68. The van der Waals surface area contributed by atoms with Gasteiger partial charge < -0.3 is 0 Å². The van der Waals surface area contributed by atoms with Crippen LogP contribution in [0, 0.1) is 11.8 Å². The Morgan fingerprint density at radius 1 is 1.00 bits per heavy atom. The van der Waals surface area contributed by atoms with Gasteiger partial charge in [-0.15, -0.1) is 0 Å². The van der Waals surface area contributed by atoms with Crippen LogP contribution in [0.3, 0.4) is 0 Å². The van der Waals surface area contributed by atoms with Crippen LogP contribution in [0.4, 0.5) is 4.53 Å². The van der Waals surface area contributed by atoms with E-state index in [9.17, 15) is 4.53 Å². The third-order valence-electron chi connectivity index (χ3n) is 3.37. The average Bonchev–Trinajstić information content (AvgIpc) is 2.50. The number of hydrogen-bond acceptors (Lipinski definition) is 1. The first kappa shape index (κ1) is 7.53. The van der Waals surface area contributed by atoms with Gasteiger partial charge in [-0.3, -0.25) is 0 Å². The minimum Gasteiger partial charge on any atom is -0.191 e. The lowest BCUT2D eigenvalue weighted by Crippen LogP contribution is -2.24. The molecular weight excluding hydrogens is 143 g/mol. The molecule has 2 heteroatoms. The second kappa shape index (κ2) is 3.10. The van der Waals surface area contributed by atoms with Crippen LogP contribution >= 0.6 is 0 Å². The molecule has 2 saturated carbocycles. The first-order chi connectivity index (χ1) is 5.40. The van der Waals surface area contributed by atoms with E-state index in [1.807, 2.05) is 0 Å². The molecule has 0 N–H and O–H groups in total. The summed E-state index contributed by atoms with van der Waals surface area (Å²) >= 11 is 0. The maximum atomic E-state index is 11.8. The second-order valence-corrected chi connectivity index (χ2v) is 3.98.